The zero-order chi connectivity index (χ0) is 14.9. The lowest BCUT2D eigenvalue weighted by molar-refractivity contribution is 0.301. The van der Waals surface area contributed by atoms with E-state index in [0.29, 0.717) is 5.92 Å². The molecular formula is C18H22ClNO. The van der Waals surface area contributed by atoms with Crippen molar-refractivity contribution in [3.8, 4) is 5.75 Å². The molecule has 0 saturated carbocycles. The van der Waals surface area contributed by atoms with Gasteiger partial charge in [0.15, 0.2) is 0 Å². The van der Waals surface area contributed by atoms with Gasteiger partial charge >= 0.3 is 0 Å². The van der Waals surface area contributed by atoms with Crippen LogP contribution in [0, 0.1) is 0 Å². The van der Waals surface area contributed by atoms with E-state index in [-0.39, 0.29) is 0 Å². The number of nitrogens with one attached hydrogen (secondary N) is 1. The summed E-state index contributed by atoms with van der Waals surface area (Å²) in [4.78, 5) is 0. The Balaban J connectivity index is 1.85. The van der Waals surface area contributed by atoms with Crippen molar-refractivity contribution in [3.63, 3.8) is 0 Å². The lowest BCUT2D eigenvalue weighted by Crippen LogP contribution is -2.18. The van der Waals surface area contributed by atoms with E-state index in [1.54, 1.807) is 0 Å². The van der Waals surface area contributed by atoms with Crippen LogP contribution >= 0.6 is 11.6 Å². The largest absolute Gasteiger partial charge is 0.494 e. The van der Waals surface area contributed by atoms with Gasteiger partial charge in [-0.1, -0.05) is 48.0 Å². The monoisotopic (exact) mass is 303 g/mol. The topological polar surface area (TPSA) is 21.3 Å². The van der Waals surface area contributed by atoms with Crippen LogP contribution in [-0.2, 0) is 0 Å². The molecule has 2 aromatic rings. The summed E-state index contributed by atoms with van der Waals surface area (Å²) < 4.78 is 5.75. The fourth-order valence-corrected chi connectivity index (χ4v) is 2.75. The van der Waals surface area contributed by atoms with E-state index >= 15 is 0 Å². The highest BCUT2D eigenvalue weighted by Gasteiger charge is 2.13. The van der Waals surface area contributed by atoms with E-state index in [0.717, 1.165) is 36.8 Å². The Labute approximate surface area is 132 Å². The van der Waals surface area contributed by atoms with Gasteiger partial charge in [0.1, 0.15) is 5.75 Å². The minimum atomic E-state index is 0.420. The number of hydrogen-bond acceptors (Lipinski definition) is 2. The number of ether oxygens (including phenoxy) is 1. The number of hydrogen-bond donors (Lipinski definition) is 1. The first-order chi connectivity index (χ1) is 10.3. The lowest BCUT2D eigenvalue weighted by atomic mass is 9.94. The minimum Gasteiger partial charge on any atom is -0.494 e. The highest BCUT2D eigenvalue weighted by atomic mass is 35.5. The molecule has 0 spiro atoms. The molecule has 0 fully saturated rings. The Morgan fingerprint density at radius 2 is 1.76 bits per heavy atom. The highest BCUT2D eigenvalue weighted by molar-refractivity contribution is 6.31. The first-order valence-electron chi connectivity index (χ1n) is 7.38. The van der Waals surface area contributed by atoms with Crippen LogP contribution in [0.2, 0.25) is 5.02 Å². The van der Waals surface area contributed by atoms with E-state index in [9.17, 15) is 0 Å². The van der Waals surface area contributed by atoms with Crippen molar-refractivity contribution in [2.75, 3.05) is 20.2 Å². The second-order valence-electron chi connectivity index (χ2n) is 5.08. The zero-order valence-corrected chi connectivity index (χ0v) is 13.1. The van der Waals surface area contributed by atoms with Crippen molar-refractivity contribution in [2.45, 2.75) is 18.8 Å². The van der Waals surface area contributed by atoms with E-state index in [1.165, 1.54) is 5.56 Å². The molecule has 0 bridgehead atoms. The van der Waals surface area contributed by atoms with Crippen molar-refractivity contribution in [2.24, 2.45) is 0 Å². The molecule has 3 heteroatoms. The second kappa shape index (κ2) is 8.71. The van der Waals surface area contributed by atoms with E-state index in [2.05, 4.69) is 11.4 Å². The van der Waals surface area contributed by atoms with Gasteiger partial charge in [0.2, 0.25) is 0 Å². The van der Waals surface area contributed by atoms with Crippen LogP contribution in [-0.4, -0.2) is 20.2 Å². The van der Waals surface area contributed by atoms with Crippen molar-refractivity contribution in [1.82, 2.24) is 5.32 Å². The molecule has 0 aliphatic carbocycles. The van der Waals surface area contributed by atoms with Crippen LogP contribution in [0.4, 0.5) is 0 Å². The van der Waals surface area contributed by atoms with Gasteiger partial charge in [0.25, 0.3) is 0 Å². The van der Waals surface area contributed by atoms with E-state index in [4.69, 9.17) is 16.3 Å². The zero-order valence-electron chi connectivity index (χ0n) is 12.4. The van der Waals surface area contributed by atoms with Gasteiger partial charge in [-0.05, 0) is 49.6 Å². The third kappa shape index (κ3) is 5.07. The first-order valence-corrected chi connectivity index (χ1v) is 7.76. The summed E-state index contributed by atoms with van der Waals surface area (Å²) in [6.07, 6.45) is 2.06. The van der Waals surface area contributed by atoms with Crippen LogP contribution in [0.3, 0.4) is 0 Å². The quantitative estimate of drug-likeness (QED) is 0.725. The average molecular weight is 304 g/mol. The molecule has 1 atom stereocenters. The maximum absolute atomic E-state index is 6.30. The number of para-hydroxylation sites is 1. The number of likely N-dealkylation sites (N-methyl/N-ethyl adjacent to an activating group) is 1. The predicted molar refractivity (Wildman–Crippen MR) is 89.3 cm³/mol. The summed E-state index contributed by atoms with van der Waals surface area (Å²) >= 11 is 6.30. The molecular weight excluding hydrogens is 282 g/mol. The van der Waals surface area contributed by atoms with Gasteiger partial charge in [-0.2, -0.15) is 0 Å². The van der Waals surface area contributed by atoms with Crippen molar-refractivity contribution in [1.29, 1.82) is 0 Å². The second-order valence-corrected chi connectivity index (χ2v) is 5.49. The molecule has 0 aliphatic rings. The molecule has 112 valence electrons. The van der Waals surface area contributed by atoms with Crippen LogP contribution in [0.5, 0.6) is 5.75 Å². The minimum absolute atomic E-state index is 0.420. The molecule has 0 heterocycles. The van der Waals surface area contributed by atoms with Gasteiger partial charge in [-0.3, -0.25) is 0 Å². The first kappa shape index (κ1) is 15.9. The lowest BCUT2D eigenvalue weighted by Gasteiger charge is -2.18. The fraction of sp³-hybridized carbons (Fsp3) is 0.333. The van der Waals surface area contributed by atoms with Crippen LogP contribution in [0.25, 0.3) is 0 Å². The summed E-state index contributed by atoms with van der Waals surface area (Å²) in [5.41, 5.74) is 1.22. The summed E-state index contributed by atoms with van der Waals surface area (Å²) in [6.45, 7) is 1.66. The van der Waals surface area contributed by atoms with E-state index < -0.39 is 0 Å². The SMILES string of the molecule is CNCC(CCCOc1ccccc1)c1ccccc1Cl. The highest BCUT2D eigenvalue weighted by Crippen LogP contribution is 2.27. The third-order valence-electron chi connectivity index (χ3n) is 3.50. The molecule has 2 aromatic carbocycles. The number of halogens is 1. The molecule has 2 nitrogen and oxygen atoms in total. The van der Waals surface area contributed by atoms with Gasteiger partial charge in [-0.25, -0.2) is 0 Å². The molecule has 0 saturated heterocycles. The summed E-state index contributed by atoms with van der Waals surface area (Å²) in [7, 11) is 1.98. The maximum Gasteiger partial charge on any atom is 0.119 e. The van der Waals surface area contributed by atoms with Crippen molar-refractivity contribution >= 4 is 11.6 Å². The van der Waals surface area contributed by atoms with Gasteiger partial charge in [-0.15, -0.1) is 0 Å². The fourth-order valence-electron chi connectivity index (χ4n) is 2.46. The van der Waals surface area contributed by atoms with Crippen molar-refractivity contribution in [3.05, 3.63) is 65.2 Å². The molecule has 1 N–H and O–H groups in total. The predicted octanol–water partition coefficient (Wildman–Crippen LogP) is 4.50. The van der Waals surface area contributed by atoms with Crippen LogP contribution in [0.1, 0.15) is 24.3 Å². The van der Waals surface area contributed by atoms with Crippen LogP contribution < -0.4 is 10.1 Å². The summed E-state index contributed by atoms with van der Waals surface area (Å²) in [5, 5.41) is 4.10. The average Bonchev–Trinajstić information content (AvgIpc) is 2.52. The maximum atomic E-state index is 6.30. The molecule has 21 heavy (non-hydrogen) atoms. The van der Waals surface area contributed by atoms with Crippen LogP contribution in [0.15, 0.2) is 54.6 Å². The smallest absolute Gasteiger partial charge is 0.119 e. The summed E-state index contributed by atoms with van der Waals surface area (Å²) in [6, 6.07) is 18.0. The molecule has 0 aliphatic heterocycles. The van der Waals surface area contributed by atoms with Gasteiger partial charge < -0.3 is 10.1 Å². The molecule has 0 amide bonds. The number of benzene rings is 2. The summed E-state index contributed by atoms with van der Waals surface area (Å²) in [5.74, 6) is 1.35. The Bertz CT molecular complexity index is 530. The molecule has 2 rings (SSSR count). The Morgan fingerprint density at radius 3 is 2.48 bits per heavy atom. The Hall–Kier alpha value is -1.51. The van der Waals surface area contributed by atoms with E-state index in [1.807, 2.05) is 55.6 Å². The normalized spacial score (nSPS) is 12.1. The molecule has 0 aromatic heterocycles. The number of rotatable bonds is 8. The standard InChI is InChI=1S/C18H22ClNO/c1-20-14-15(17-11-5-6-12-18(17)19)8-7-13-21-16-9-3-2-4-10-16/h2-6,9-12,15,20H,7-8,13-14H2,1H3. The molecule has 1 unspecified atom stereocenters. The third-order valence-corrected chi connectivity index (χ3v) is 3.85. The Kier molecular flexibility index (Phi) is 6.58. The van der Waals surface area contributed by atoms with Crippen molar-refractivity contribution < 1.29 is 4.74 Å². The van der Waals surface area contributed by atoms with Gasteiger partial charge in [0.05, 0.1) is 6.61 Å². The molecule has 0 radical (unpaired) electrons. The van der Waals surface area contributed by atoms with Gasteiger partial charge in [0, 0.05) is 11.6 Å². The Morgan fingerprint density at radius 1 is 1.05 bits per heavy atom.